The Morgan fingerprint density at radius 2 is 2.20 bits per heavy atom. The second kappa shape index (κ2) is 6.47. The molecule has 1 aromatic heterocycles. The van der Waals surface area contributed by atoms with Crippen LogP contribution in [-0.4, -0.2) is 11.7 Å². The Morgan fingerprint density at radius 3 is 2.85 bits per heavy atom. The Hall–Kier alpha value is -1.96. The number of nitrogens with zero attached hydrogens (tertiary/aromatic N) is 2. The first-order valence-corrected chi connectivity index (χ1v) is 6.61. The summed E-state index contributed by atoms with van der Waals surface area (Å²) in [4.78, 5) is 0. The summed E-state index contributed by atoms with van der Waals surface area (Å²) in [5, 5.41) is 12.9. The van der Waals surface area contributed by atoms with Crippen LogP contribution >= 0.6 is 11.6 Å². The first-order valence-electron chi connectivity index (χ1n) is 6.23. The highest BCUT2D eigenvalue weighted by Gasteiger charge is 2.07. The van der Waals surface area contributed by atoms with Crippen LogP contribution in [0.1, 0.15) is 16.8 Å². The van der Waals surface area contributed by atoms with Crippen LogP contribution in [0.5, 0.6) is 5.75 Å². The molecule has 0 aliphatic rings. The van der Waals surface area contributed by atoms with Crippen LogP contribution in [0.4, 0.5) is 0 Å². The molecule has 0 saturated carbocycles. The summed E-state index contributed by atoms with van der Waals surface area (Å²) in [6.45, 7) is 1.28. The normalized spacial score (nSPS) is 10.3. The second-order valence-electron chi connectivity index (χ2n) is 4.48. The van der Waals surface area contributed by atoms with Gasteiger partial charge in [-0.3, -0.25) is 0 Å². The van der Waals surface area contributed by atoms with Gasteiger partial charge in [0.1, 0.15) is 17.5 Å². The predicted octanol–water partition coefficient (Wildman–Crippen LogP) is 2.85. The van der Waals surface area contributed by atoms with Crippen molar-refractivity contribution in [3.63, 3.8) is 0 Å². The Morgan fingerprint density at radius 1 is 1.40 bits per heavy atom. The van der Waals surface area contributed by atoms with Gasteiger partial charge in [-0.25, -0.2) is 0 Å². The van der Waals surface area contributed by atoms with E-state index >= 15 is 0 Å². The summed E-state index contributed by atoms with van der Waals surface area (Å²) in [6.07, 6.45) is 1.94. The van der Waals surface area contributed by atoms with Crippen molar-refractivity contribution in [3.05, 3.63) is 52.3 Å². The number of ether oxygens (including phenoxy) is 1. The van der Waals surface area contributed by atoms with Crippen molar-refractivity contribution < 1.29 is 4.74 Å². The van der Waals surface area contributed by atoms with Crippen molar-refractivity contribution in [1.82, 2.24) is 9.88 Å². The van der Waals surface area contributed by atoms with Crippen molar-refractivity contribution in [1.29, 1.82) is 5.26 Å². The highest BCUT2D eigenvalue weighted by Crippen LogP contribution is 2.25. The van der Waals surface area contributed by atoms with Gasteiger partial charge in [-0.2, -0.15) is 5.26 Å². The largest absolute Gasteiger partial charge is 0.496 e. The van der Waals surface area contributed by atoms with Gasteiger partial charge in [0.25, 0.3) is 0 Å². The average molecular weight is 290 g/mol. The zero-order valence-electron chi connectivity index (χ0n) is 11.5. The van der Waals surface area contributed by atoms with E-state index in [4.69, 9.17) is 21.6 Å². The monoisotopic (exact) mass is 289 g/mol. The number of nitriles is 1. The minimum absolute atomic E-state index is 0.611. The van der Waals surface area contributed by atoms with E-state index in [2.05, 4.69) is 11.4 Å². The Balaban J connectivity index is 2.01. The summed E-state index contributed by atoms with van der Waals surface area (Å²) in [6, 6.07) is 9.61. The third kappa shape index (κ3) is 3.13. The van der Waals surface area contributed by atoms with Crippen LogP contribution in [0.3, 0.4) is 0 Å². The first-order chi connectivity index (χ1) is 9.65. The van der Waals surface area contributed by atoms with Gasteiger partial charge in [-0.15, -0.1) is 0 Å². The third-order valence-electron chi connectivity index (χ3n) is 3.10. The highest BCUT2D eigenvalue weighted by atomic mass is 35.5. The molecule has 0 aliphatic heterocycles. The number of hydrogen-bond donors (Lipinski definition) is 1. The molecule has 20 heavy (non-hydrogen) atoms. The summed E-state index contributed by atoms with van der Waals surface area (Å²) in [5.41, 5.74) is 2.65. The van der Waals surface area contributed by atoms with E-state index in [1.54, 1.807) is 7.11 Å². The first kappa shape index (κ1) is 14.4. The van der Waals surface area contributed by atoms with Gasteiger partial charge < -0.3 is 14.6 Å². The van der Waals surface area contributed by atoms with Gasteiger partial charge >= 0.3 is 0 Å². The number of methoxy groups -OCH3 is 1. The van der Waals surface area contributed by atoms with Crippen molar-refractivity contribution in [2.45, 2.75) is 13.1 Å². The van der Waals surface area contributed by atoms with E-state index in [1.165, 1.54) is 0 Å². The lowest BCUT2D eigenvalue weighted by molar-refractivity contribution is 0.407. The van der Waals surface area contributed by atoms with Crippen LogP contribution in [0.15, 0.2) is 30.5 Å². The maximum atomic E-state index is 8.91. The third-order valence-corrected chi connectivity index (χ3v) is 3.46. The highest BCUT2D eigenvalue weighted by molar-refractivity contribution is 6.31. The second-order valence-corrected chi connectivity index (χ2v) is 4.89. The summed E-state index contributed by atoms with van der Waals surface area (Å²) >= 11 is 6.17. The van der Waals surface area contributed by atoms with Crippen molar-refractivity contribution in [2.24, 2.45) is 7.05 Å². The molecular weight excluding hydrogens is 274 g/mol. The molecule has 0 amide bonds. The molecule has 0 saturated heterocycles. The van der Waals surface area contributed by atoms with E-state index in [1.807, 2.05) is 42.1 Å². The van der Waals surface area contributed by atoms with Gasteiger partial charge in [-0.1, -0.05) is 17.7 Å². The maximum Gasteiger partial charge on any atom is 0.124 e. The number of aromatic nitrogens is 1. The Labute approximate surface area is 123 Å². The number of benzene rings is 1. The zero-order chi connectivity index (χ0) is 14.5. The number of rotatable bonds is 5. The quantitative estimate of drug-likeness (QED) is 0.921. The van der Waals surface area contributed by atoms with Gasteiger partial charge in [0.15, 0.2) is 0 Å². The van der Waals surface area contributed by atoms with Crippen LogP contribution in [-0.2, 0) is 20.1 Å². The molecule has 2 aromatic rings. The fraction of sp³-hybridized carbons (Fsp3) is 0.267. The topological polar surface area (TPSA) is 50.0 Å². The van der Waals surface area contributed by atoms with Crippen LogP contribution < -0.4 is 10.1 Å². The molecule has 1 aromatic carbocycles. The van der Waals surface area contributed by atoms with Gasteiger partial charge in [0.05, 0.1) is 7.11 Å². The molecule has 104 valence electrons. The Bertz CT molecular complexity index is 643. The molecule has 4 nitrogen and oxygen atoms in total. The van der Waals surface area contributed by atoms with Crippen LogP contribution in [0.25, 0.3) is 0 Å². The minimum Gasteiger partial charge on any atom is -0.496 e. The number of nitrogens with one attached hydrogen (secondary N) is 1. The number of halogens is 1. The molecule has 1 heterocycles. The van der Waals surface area contributed by atoms with E-state index in [0.717, 1.165) is 16.9 Å². The fourth-order valence-electron chi connectivity index (χ4n) is 2.07. The molecule has 0 bridgehead atoms. The molecule has 0 atom stereocenters. The van der Waals surface area contributed by atoms with Crippen LogP contribution in [0.2, 0.25) is 5.02 Å². The number of aryl methyl sites for hydroxylation is 1. The molecule has 0 aliphatic carbocycles. The average Bonchev–Trinajstić information content (AvgIpc) is 2.80. The molecule has 0 radical (unpaired) electrons. The van der Waals surface area contributed by atoms with Gasteiger partial charge in [-0.05, 0) is 23.8 Å². The zero-order valence-corrected chi connectivity index (χ0v) is 12.2. The summed E-state index contributed by atoms with van der Waals surface area (Å²) in [7, 11) is 3.49. The molecule has 0 fully saturated rings. The summed E-state index contributed by atoms with van der Waals surface area (Å²) in [5.74, 6) is 0.774. The van der Waals surface area contributed by atoms with Gasteiger partial charge in [0, 0.05) is 36.9 Å². The molecule has 2 rings (SSSR count). The van der Waals surface area contributed by atoms with Gasteiger partial charge in [0.2, 0.25) is 0 Å². The standard InChI is InChI=1S/C15H16ClN3O/c1-19-10-11(6-12(19)7-17)8-18-9-13-14(16)4-3-5-15(13)20-2/h3-6,10,18H,8-9H2,1-2H3. The molecule has 0 spiro atoms. The van der Waals surface area contributed by atoms with E-state index < -0.39 is 0 Å². The predicted molar refractivity (Wildman–Crippen MR) is 78.7 cm³/mol. The van der Waals surface area contributed by atoms with E-state index in [9.17, 15) is 0 Å². The van der Waals surface area contributed by atoms with Crippen molar-refractivity contribution in [3.8, 4) is 11.8 Å². The van der Waals surface area contributed by atoms with E-state index in [-0.39, 0.29) is 0 Å². The Kier molecular flexibility index (Phi) is 4.67. The minimum atomic E-state index is 0.611. The lowest BCUT2D eigenvalue weighted by Gasteiger charge is -2.10. The molecule has 0 unspecified atom stereocenters. The maximum absolute atomic E-state index is 8.91. The molecule has 5 heteroatoms. The van der Waals surface area contributed by atoms with Crippen LogP contribution in [0, 0.1) is 11.3 Å². The summed E-state index contributed by atoms with van der Waals surface area (Å²) < 4.78 is 7.11. The van der Waals surface area contributed by atoms with Crippen molar-refractivity contribution in [2.75, 3.05) is 7.11 Å². The fourth-order valence-corrected chi connectivity index (χ4v) is 2.31. The SMILES string of the molecule is COc1cccc(Cl)c1CNCc1cc(C#N)n(C)c1. The molecular formula is C15H16ClN3O. The smallest absolute Gasteiger partial charge is 0.124 e. The van der Waals surface area contributed by atoms with Crippen molar-refractivity contribution >= 4 is 11.6 Å². The lowest BCUT2D eigenvalue weighted by Crippen LogP contribution is -2.13. The van der Waals surface area contributed by atoms with E-state index in [0.29, 0.717) is 23.8 Å². The number of hydrogen-bond acceptors (Lipinski definition) is 3. The molecule has 1 N–H and O–H groups in total. The lowest BCUT2D eigenvalue weighted by atomic mass is 10.2.